The molecule has 0 aliphatic heterocycles. The molecular weight excluding hydrogens is 310 g/mol. The fraction of sp³-hybridized carbons (Fsp3) is 0.111. The average molecular weight is 326 g/mol. The molecule has 4 nitrogen and oxygen atoms in total. The van der Waals surface area contributed by atoms with Gasteiger partial charge in [0.05, 0.1) is 17.4 Å². The minimum Gasteiger partial charge on any atom is -0.322 e. The molecule has 3 aromatic rings. The van der Waals surface area contributed by atoms with Crippen LogP contribution in [0.4, 0.5) is 5.69 Å². The third-order valence-corrected chi connectivity index (χ3v) is 4.04. The van der Waals surface area contributed by atoms with E-state index in [-0.39, 0.29) is 5.91 Å². The molecule has 0 unspecified atom stereocenters. The molecule has 1 heterocycles. The van der Waals surface area contributed by atoms with Crippen molar-refractivity contribution in [2.75, 3.05) is 5.32 Å². The van der Waals surface area contributed by atoms with Crippen LogP contribution in [0.25, 0.3) is 5.69 Å². The Bertz CT molecular complexity index is 853. The Kier molecular flexibility index (Phi) is 4.17. The lowest BCUT2D eigenvalue weighted by molar-refractivity contribution is 0.102. The lowest BCUT2D eigenvalue weighted by Gasteiger charge is -2.09. The molecule has 0 bridgehead atoms. The largest absolute Gasteiger partial charge is 0.322 e. The zero-order valence-corrected chi connectivity index (χ0v) is 13.6. The van der Waals surface area contributed by atoms with Crippen molar-refractivity contribution in [1.82, 2.24) is 9.78 Å². The molecule has 5 heteroatoms. The van der Waals surface area contributed by atoms with Gasteiger partial charge in [0.15, 0.2) is 0 Å². The highest BCUT2D eigenvalue weighted by molar-refractivity contribution is 6.30. The van der Waals surface area contributed by atoms with E-state index in [2.05, 4.69) is 10.4 Å². The molecular formula is C18H16ClN3O. The van der Waals surface area contributed by atoms with Crippen molar-refractivity contribution in [2.24, 2.45) is 0 Å². The molecule has 0 saturated carbocycles. The first-order chi connectivity index (χ1) is 11.0. The van der Waals surface area contributed by atoms with Crippen LogP contribution in [0.2, 0.25) is 5.02 Å². The summed E-state index contributed by atoms with van der Waals surface area (Å²) in [5.74, 6) is -0.182. The number of rotatable bonds is 3. The number of aryl methyl sites for hydroxylation is 1. The molecule has 0 aliphatic carbocycles. The molecule has 1 aromatic heterocycles. The Morgan fingerprint density at radius 1 is 1.13 bits per heavy atom. The number of carbonyl (C=O) groups is 1. The minimum absolute atomic E-state index is 0.182. The van der Waals surface area contributed by atoms with E-state index in [1.165, 1.54) is 0 Å². The van der Waals surface area contributed by atoms with Gasteiger partial charge in [0.25, 0.3) is 5.91 Å². The maximum atomic E-state index is 12.4. The second kappa shape index (κ2) is 6.26. The van der Waals surface area contributed by atoms with Crippen molar-refractivity contribution >= 4 is 23.2 Å². The number of halogens is 1. The van der Waals surface area contributed by atoms with E-state index in [1.807, 2.05) is 44.2 Å². The summed E-state index contributed by atoms with van der Waals surface area (Å²) in [5.41, 5.74) is 4.36. The standard InChI is InChI=1S/C18H16ClN3O/c1-12-4-3-5-17(13(12)2)21-18(23)14-10-20-22(11-14)16-8-6-15(19)7-9-16/h3-11H,1-2H3,(H,21,23). The second-order valence-electron chi connectivity index (χ2n) is 5.35. The summed E-state index contributed by atoms with van der Waals surface area (Å²) >= 11 is 5.88. The van der Waals surface area contributed by atoms with Crippen molar-refractivity contribution in [3.8, 4) is 5.69 Å². The predicted molar refractivity (Wildman–Crippen MR) is 92.4 cm³/mol. The minimum atomic E-state index is -0.182. The van der Waals surface area contributed by atoms with Crippen LogP contribution in [0.5, 0.6) is 0 Å². The van der Waals surface area contributed by atoms with Gasteiger partial charge in [-0.2, -0.15) is 5.10 Å². The summed E-state index contributed by atoms with van der Waals surface area (Å²) in [4.78, 5) is 12.4. The van der Waals surface area contributed by atoms with E-state index in [1.54, 1.807) is 29.2 Å². The van der Waals surface area contributed by atoms with E-state index in [0.29, 0.717) is 10.6 Å². The lowest BCUT2D eigenvalue weighted by Crippen LogP contribution is -2.12. The average Bonchev–Trinajstić information content (AvgIpc) is 3.02. The first-order valence-electron chi connectivity index (χ1n) is 7.23. The number of hydrogen-bond donors (Lipinski definition) is 1. The van der Waals surface area contributed by atoms with Crippen LogP contribution in [0, 0.1) is 13.8 Å². The summed E-state index contributed by atoms with van der Waals surface area (Å²) in [6, 6.07) is 13.1. The summed E-state index contributed by atoms with van der Waals surface area (Å²) in [6.07, 6.45) is 3.25. The first kappa shape index (κ1) is 15.3. The quantitative estimate of drug-likeness (QED) is 0.776. The predicted octanol–water partition coefficient (Wildman–Crippen LogP) is 4.39. The van der Waals surface area contributed by atoms with E-state index in [0.717, 1.165) is 22.5 Å². The molecule has 0 fully saturated rings. The second-order valence-corrected chi connectivity index (χ2v) is 5.79. The molecule has 116 valence electrons. The summed E-state index contributed by atoms with van der Waals surface area (Å²) in [5, 5.41) is 7.82. The number of anilines is 1. The van der Waals surface area contributed by atoms with Gasteiger partial charge in [-0.25, -0.2) is 4.68 Å². The molecule has 1 amide bonds. The molecule has 23 heavy (non-hydrogen) atoms. The summed E-state index contributed by atoms with van der Waals surface area (Å²) in [6.45, 7) is 4.01. The van der Waals surface area contributed by atoms with Gasteiger partial charge in [0, 0.05) is 16.9 Å². The zero-order valence-electron chi connectivity index (χ0n) is 12.9. The lowest BCUT2D eigenvalue weighted by atomic mass is 10.1. The number of carbonyl (C=O) groups excluding carboxylic acids is 1. The Morgan fingerprint density at radius 3 is 2.61 bits per heavy atom. The Morgan fingerprint density at radius 2 is 1.87 bits per heavy atom. The van der Waals surface area contributed by atoms with Crippen LogP contribution < -0.4 is 5.32 Å². The number of hydrogen-bond acceptors (Lipinski definition) is 2. The number of amides is 1. The highest BCUT2D eigenvalue weighted by Gasteiger charge is 2.11. The monoisotopic (exact) mass is 325 g/mol. The van der Waals surface area contributed by atoms with Gasteiger partial charge in [-0.1, -0.05) is 23.7 Å². The van der Waals surface area contributed by atoms with Gasteiger partial charge in [-0.05, 0) is 55.3 Å². The van der Waals surface area contributed by atoms with Crippen LogP contribution >= 0.6 is 11.6 Å². The molecule has 0 spiro atoms. The van der Waals surface area contributed by atoms with Crippen LogP contribution in [0.1, 0.15) is 21.5 Å². The van der Waals surface area contributed by atoms with Crippen molar-refractivity contribution in [1.29, 1.82) is 0 Å². The first-order valence-corrected chi connectivity index (χ1v) is 7.60. The molecule has 0 atom stereocenters. The number of nitrogens with zero attached hydrogens (tertiary/aromatic N) is 2. The summed E-state index contributed by atoms with van der Waals surface area (Å²) in [7, 11) is 0. The highest BCUT2D eigenvalue weighted by atomic mass is 35.5. The van der Waals surface area contributed by atoms with Crippen LogP contribution in [-0.4, -0.2) is 15.7 Å². The highest BCUT2D eigenvalue weighted by Crippen LogP contribution is 2.19. The molecule has 2 aromatic carbocycles. The van der Waals surface area contributed by atoms with Gasteiger partial charge in [-0.15, -0.1) is 0 Å². The SMILES string of the molecule is Cc1cccc(NC(=O)c2cnn(-c3ccc(Cl)cc3)c2)c1C. The third kappa shape index (κ3) is 3.27. The maximum absolute atomic E-state index is 12.4. The van der Waals surface area contributed by atoms with Crippen molar-refractivity contribution in [2.45, 2.75) is 13.8 Å². The number of aromatic nitrogens is 2. The van der Waals surface area contributed by atoms with E-state index >= 15 is 0 Å². The van der Waals surface area contributed by atoms with Crippen molar-refractivity contribution in [3.63, 3.8) is 0 Å². The third-order valence-electron chi connectivity index (χ3n) is 3.79. The molecule has 0 radical (unpaired) electrons. The zero-order chi connectivity index (χ0) is 16.4. The molecule has 1 N–H and O–H groups in total. The van der Waals surface area contributed by atoms with Gasteiger partial charge < -0.3 is 5.32 Å². The number of nitrogens with one attached hydrogen (secondary N) is 1. The maximum Gasteiger partial charge on any atom is 0.258 e. The normalized spacial score (nSPS) is 10.6. The fourth-order valence-electron chi connectivity index (χ4n) is 2.26. The molecule has 0 aliphatic rings. The van der Waals surface area contributed by atoms with Gasteiger partial charge in [0.2, 0.25) is 0 Å². The van der Waals surface area contributed by atoms with Crippen LogP contribution in [0.15, 0.2) is 54.9 Å². The topological polar surface area (TPSA) is 46.9 Å². The molecule has 3 rings (SSSR count). The van der Waals surface area contributed by atoms with Crippen molar-refractivity contribution in [3.05, 3.63) is 76.6 Å². The summed E-state index contributed by atoms with van der Waals surface area (Å²) < 4.78 is 1.65. The van der Waals surface area contributed by atoms with Gasteiger partial charge >= 0.3 is 0 Å². The molecule has 0 saturated heterocycles. The fourth-order valence-corrected chi connectivity index (χ4v) is 2.38. The Labute approximate surface area is 139 Å². The van der Waals surface area contributed by atoms with E-state index < -0.39 is 0 Å². The van der Waals surface area contributed by atoms with Gasteiger partial charge in [0.1, 0.15) is 0 Å². The number of benzene rings is 2. The van der Waals surface area contributed by atoms with E-state index in [9.17, 15) is 4.79 Å². The van der Waals surface area contributed by atoms with Crippen LogP contribution in [-0.2, 0) is 0 Å². The van der Waals surface area contributed by atoms with E-state index in [4.69, 9.17) is 11.6 Å². The van der Waals surface area contributed by atoms with Crippen LogP contribution in [0.3, 0.4) is 0 Å². The van der Waals surface area contributed by atoms with Gasteiger partial charge in [-0.3, -0.25) is 4.79 Å². The Hall–Kier alpha value is -2.59. The smallest absolute Gasteiger partial charge is 0.258 e. The Balaban J connectivity index is 1.81. The van der Waals surface area contributed by atoms with Crippen molar-refractivity contribution < 1.29 is 4.79 Å².